The zero-order valence-electron chi connectivity index (χ0n) is 21.9. The number of para-hydroxylation sites is 1. The van der Waals surface area contributed by atoms with E-state index in [1.165, 1.54) is 15.9 Å². The van der Waals surface area contributed by atoms with Crippen LogP contribution in [0.1, 0.15) is 30.0 Å². The summed E-state index contributed by atoms with van der Waals surface area (Å²) in [6.45, 7) is 5.12. The third-order valence-electron chi connectivity index (χ3n) is 7.60. The lowest BCUT2D eigenvalue weighted by Gasteiger charge is -2.36. The monoisotopic (exact) mass is 559 g/mol. The Kier molecular flexibility index (Phi) is 7.32. The molecule has 1 unspecified atom stereocenters. The van der Waals surface area contributed by atoms with Gasteiger partial charge in [-0.15, -0.1) is 0 Å². The van der Waals surface area contributed by atoms with Crippen molar-refractivity contribution < 1.29 is 14.3 Å². The standard InChI is InChI=1S/C30H30ClN5O4/c31-22-3-1-4-23(17-22)35-15-13-34(14-16-35)18-20-7-9-21(10-8-20)19-40-26-6-2-5-24-28(26)33-36(30(24)39)25-11-12-27(37)32-29(25)38/h1-10,17,25,33H,11-16,18-19H2,(H,32,37,38). The van der Waals surface area contributed by atoms with Gasteiger partial charge in [0, 0.05) is 49.9 Å². The lowest BCUT2D eigenvalue weighted by molar-refractivity contribution is -0.136. The highest BCUT2D eigenvalue weighted by Crippen LogP contribution is 2.26. The van der Waals surface area contributed by atoms with Gasteiger partial charge in [-0.2, -0.15) is 0 Å². The first-order valence-corrected chi connectivity index (χ1v) is 13.8. The molecule has 2 saturated heterocycles. The van der Waals surface area contributed by atoms with Gasteiger partial charge in [-0.25, -0.2) is 4.68 Å². The van der Waals surface area contributed by atoms with Crippen LogP contribution in [0, 0.1) is 0 Å². The van der Waals surface area contributed by atoms with E-state index in [1.807, 2.05) is 18.2 Å². The van der Waals surface area contributed by atoms with Gasteiger partial charge >= 0.3 is 0 Å². The Balaban J connectivity index is 1.07. The molecule has 3 heterocycles. The molecule has 3 aromatic carbocycles. The molecule has 0 spiro atoms. The Hall–Kier alpha value is -4.08. The Labute approximate surface area is 236 Å². The Bertz CT molecular complexity index is 1600. The number of aromatic amines is 1. The molecule has 2 amide bonds. The summed E-state index contributed by atoms with van der Waals surface area (Å²) in [5.74, 6) is -0.269. The highest BCUT2D eigenvalue weighted by atomic mass is 35.5. The van der Waals surface area contributed by atoms with E-state index in [9.17, 15) is 14.4 Å². The minimum atomic E-state index is -0.752. The van der Waals surface area contributed by atoms with E-state index in [-0.39, 0.29) is 24.3 Å². The molecule has 0 radical (unpaired) electrons. The number of carbonyl (C=O) groups excluding carboxylic acids is 2. The number of anilines is 1. The first-order chi connectivity index (χ1) is 19.4. The molecule has 2 aliphatic heterocycles. The second-order valence-corrected chi connectivity index (χ2v) is 10.7. The number of hydrogen-bond donors (Lipinski definition) is 2. The lowest BCUT2D eigenvalue weighted by atomic mass is 10.1. The number of amides is 2. The maximum Gasteiger partial charge on any atom is 0.275 e. The van der Waals surface area contributed by atoms with Crippen LogP contribution in [0.2, 0.25) is 5.02 Å². The van der Waals surface area contributed by atoms with Gasteiger partial charge in [-0.3, -0.25) is 29.7 Å². The SMILES string of the molecule is O=C1CCC(n2[nH]c3c(OCc4ccc(CN5CCN(c6cccc(Cl)c6)CC5)cc4)cccc3c2=O)C(=O)N1. The van der Waals surface area contributed by atoms with Gasteiger partial charge in [-0.05, 0) is 47.9 Å². The van der Waals surface area contributed by atoms with Crippen molar-refractivity contribution in [3.05, 3.63) is 93.2 Å². The molecule has 2 fully saturated rings. The van der Waals surface area contributed by atoms with Crippen LogP contribution in [0.4, 0.5) is 5.69 Å². The van der Waals surface area contributed by atoms with Crippen molar-refractivity contribution in [3.63, 3.8) is 0 Å². The van der Waals surface area contributed by atoms with E-state index < -0.39 is 11.9 Å². The Morgan fingerprint density at radius 2 is 1.65 bits per heavy atom. The van der Waals surface area contributed by atoms with Crippen LogP contribution in [0.3, 0.4) is 0 Å². The summed E-state index contributed by atoms with van der Waals surface area (Å²) in [5, 5.41) is 6.55. The largest absolute Gasteiger partial charge is 0.487 e. The van der Waals surface area contributed by atoms with Crippen LogP contribution in [0.15, 0.2) is 71.5 Å². The van der Waals surface area contributed by atoms with Crippen molar-refractivity contribution in [1.82, 2.24) is 20.0 Å². The van der Waals surface area contributed by atoms with Crippen LogP contribution >= 0.6 is 11.6 Å². The summed E-state index contributed by atoms with van der Waals surface area (Å²) in [6, 6.07) is 20.9. The third kappa shape index (κ3) is 5.48. The van der Waals surface area contributed by atoms with Crippen LogP contribution in [-0.4, -0.2) is 52.7 Å². The minimum Gasteiger partial charge on any atom is -0.487 e. The molecule has 40 heavy (non-hydrogen) atoms. The molecule has 0 saturated carbocycles. The number of fused-ring (bicyclic) bond motifs is 1. The predicted molar refractivity (Wildman–Crippen MR) is 154 cm³/mol. The molecule has 0 aliphatic carbocycles. The molecule has 0 bridgehead atoms. The molecular weight excluding hydrogens is 530 g/mol. The summed E-state index contributed by atoms with van der Waals surface area (Å²) in [4.78, 5) is 41.6. The summed E-state index contributed by atoms with van der Waals surface area (Å²) in [5.41, 5.74) is 3.65. The van der Waals surface area contributed by atoms with Crippen LogP contribution in [0.25, 0.3) is 10.9 Å². The van der Waals surface area contributed by atoms with Crippen molar-refractivity contribution in [3.8, 4) is 5.75 Å². The maximum absolute atomic E-state index is 13.0. The summed E-state index contributed by atoms with van der Waals surface area (Å²) in [6.07, 6.45) is 0.467. The molecule has 6 rings (SSSR count). The molecule has 2 N–H and O–H groups in total. The minimum absolute atomic E-state index is 0.191. The lowest BCUT2D eigenvalue weighted by Crippen LogP contribution is -2.45. The average molecular weight is 560 g/mol. The second kappa shape index (κ2) is 11.2. The molecule has 206 valence electrons. The highest BCUT2D eigenvalue weighted by molar-refractivity contribution is 6.30. The number of rotatable bonds is 7. The first-order valence-electron chi connectivity index (χ1n) is 13.4. The Morgan fingerprint density at radius 3 is 2.40 bits per heavy atom. The number of aromatic nitrogens is 2. The molecule has 1 aromatic heterocycles. The van der Waals surface area contributed by atoms with Crippen LogP contribution in [-0.2, 0) is 22.7 Å². The Morgan fingerprint density at radius 1 is 0.900 bits per heavy atom. The first kappa shape index (κ1) is 26.2. The van der Waals surface area contributed by atoms with E-state index in [2.05, 4.69) is 50.5 Å². The smallest absolute Gasteiger partial charge is 0.275 e. The normalized spacial score (nSPS) is 18.2. The molecule has 9 nitrogen and oxygen atoms in total. The number of ether oxygens (including phenoxy) is 1. The second-order valence-electron chi connectivity index (χ2n) is 10.3. The van der Waals surface area contributed by atoms with Crippen molar-refractivity contribution in [1.29, 1.82) is 0 Å². The van der Waals surface area contributed by atoms with Crippen molar-refractivity contribution in [2.24, 2.45) is 0 Å². The van der Waals surface area contributed by atoms with E-state index in [0.717, 1.165) is 43.3 Å². The zero-order chi connectivity index (χ0) is 27.6. The number of hydrogen-bond acceptors (Lipinski definition) is 6. The molecule has 4 aromatic rings. The number of nitrogens with one attached hydrogen (secondary N) is 2. The molecule has 2 aliphatic rings. The van der Waals surface area contributed by atoms with Gasteiger partial charge in [0.1, 0.15) is 23.9 Å². The average Bonchev–Trinajstić information content (AvgIpc) is 3.29. The highest BCUT2D eigenvalue weighted by Gasteiger charge is 2.30. The van der Waals surface area contributed by atoms with E-state index >= 15 is 0 Å². The fraction of sp³-hybridized carbons (Fsp3) is 0.300. The number of piperidine rings is 1. The summed E-state index contributed by atoms with van der Waals surface area (Å²) < 4.78 is 7.39. The molecule has 1 atom stereocenters. The summed E-state index contributed by atoms with van der Waals surface area (Å²) in [7, 11) is 0. The zero-order valence-corrected chi connectivity index (χ0v) is 22.7. The van der Waals surface area contributed by atoms with Gasteiger partial charge in [0.15, 0.2) is 0 Å². The van der Waals surface area contributed by atoms with Crippen molar-refractivity contribution >= 4 is 40.0 Å². The topological polar surface area (TPSA) is 99.7 Å². The number of nitrogens with zero attached hydrogens (tertiary/aromatic N) is 3. The van der Waals surface area contributed by atoms with E-state index in [4.69, 9.17) is 16.3 Å². The van der Waals surface area contributed by atoms with Crippen molar-refractivity contribution in [2.45, 2.75) is 32.0 Å². The van der Waals surface area contributed by atoms with Gasteiger partial charge in [0.05, 0.1) is 5.39 Å². The third-order valence-corrected chi connectivity index (χ3v) is 7.83. The number of carbonyl (C=O) groups is 2. The van der Waals surface area contributed by atoms with Gasteiger partial charge in [0.25, 0.3) is 11.5 Å². The molecular formula is C30H30ClN5O4. The predicted octanol–water partition coefficient (Wildman–Crippen LogP) is 3.86. The van der Waals surface area contributed by atoms with Gasteiger partial charge in [-0.1, -0.05) is 48.0 Å². The summed E-state index contributed by atoms with van der Waals surface area (Å²) >= 11 is 6.16. The number of halogens is 1. The van der Waals surface area contributed by atoms with Gasteiger partial charge in [0.2, 0.25) is 5.91 Å². The van der Waals surface area contributed by atoms with E-state index in [0.29, 0.717) is 23.3 Å². The van der Waals surface area contributed by atoms with Crippen LogP contribution in [0.5, 0.6) is 5.75 Å². The number of piperazine rings is 1. The van der Waals surface area contributed by atoms with E-state index in [1.54, 1.807) is 18.2 Å². The quantitative estimate of drug-likeness (QED) is 0.334. The number of H-pyrrole nitrogens is 1. The number of benzene rings is 3. The van der Waals surface area contributed by atoms with Crippen LogP contribution < -0.4 is 20.5 Å². The molecule has 10 heteroatoms. The fourth-order valence-corrected chi connectivity index (χ4v) is 5.58. The van der Waals surface area contributed by atoms with Crippen molar-refractivity contribution in [2.75, 3.05) is 31.1 Å². The van der Waals surface area contributed by atoms with Gasteiger partial charge < -0.3 is 9.64 Å². The fourth-order valence-electron chi connectivity index (χ4n) is 5.39. The number of imide groups is 1. The maximum atomic E-state index is 13.0.